The lowest BCUT2D eigenvalue weighted by molar-refractivity contribution is 0.405. The van der Waals surface area contributed by atoms with Crippen LogP contribution in [0.5, 0.6) is 0 Å². The van der Waals surface area contributed by atoms with Gasteiger partial charge in [0.25, 0.3) is 0 Å². The second-order valence-electron chi connectivity index (χ2n) is 5.74. The third-order valence-corrected chi connectivity index (χ3v) is 4.36. The van der Waals surface area contributed by atoms with Crippen LogP contribution >= 0.6 is 0 Å². The number of nitrogens with zero attached hydrogens (tertiary/aromatic N) is 1. The van der Waals surface area contributed by atoms with Crippen molar-refractivity contribution < 1.29 is 0 Å². The Labute approximate surface area is 126 Å². The number of benzene rings is 2. The molecule has 21 heavy (non-hydrogen) atoms. The highest BCUT2D eigenvalue weighted by atomic mass is 14.9. The fourth-order valence-electron chi connectivity index (χ4n) is 3.26. The first kappa shape index (κ1) is 13.7. The highest BCUT2D eigenvalue weighted by molar-refractivity contribution is 5.48. The first-order chi connectivity index (χ1) is 10.4. The van der Waals surface area contributed by atoms with E-state index in [4.69, 9.17) is 5.26 Å². The van der Waals surface area contributed by atoms with Crippen LogP contribution in [0.25, 0.3) is 0 Å². The molecule has 1 N–H and O–H groups in total. The molecule has 0 spiro atoms. The van der Waals surface area contributed by atoms with Gasteiger partial charge in [0.1, 0.15) is 0 Å². The highest BCUT2D eigenvalue weighted by Crippen LogP contribution is 2.34. The number of hydrogen-bond acceptors (Lipinski definition) is 2. The lowest BCUT2D eigenvalue weighted by Crippen LogP contribution is -2.30. The van der Waals surface area contributed by atoms with Crippen molar-refractivity contribution in [2.45, 2.75) is 37.6 Å². The zero-order valence-corrected chi connectivity index (χ0v) is 12.1. The summed E-state index contributed by atoms with van der Waals surface area (Å²) in [7, 11) is 0. The number of hydrogen-bond donors (Lipinski definition) is 1. The summed E-state index contributed by atoms with van der Waals surface area (Å²) in [4.78, 5) is 0. The standard InChI is InChI=1S/C19H20N2/c20-14-15-10-12-17(13-11-15)21-19-9-5-4-8-18(19)16-6-2-1-3-7-16/h1-3,6-7,10-13,18-19,21H,4-5,8-9H2. The van der Waals surface area contributed by atoms with Crippen molar-refractivity contribution in [2.24, 2.45) is 0 Å². The molecule has 0 bridgehead atoms. The molecule has 0 heterocycles. The molecule has 0 radical (unpaired) electrons. The first-order valence-corrected chi connectivity index (χ1v) is 7.68. The van der Waals surface area contributed by atoms with E-state index in [1.807, 2.05) is 24.3 Å². The van der Waals surface area contributed by atoms with Gasteiger partial charge in [-0.05, 0) is 42.7 Å². The Bertz CT molecular complexity index is 610. The van der Waals surface area contributed by atoms with E-state index in [0.29, 0.717) is 17.5 Å². The maximum atomic E-state index is 8.87. The molecule has 1 fully saturated rings. The van der Waals surface area contributed by atoms with Crippen LogP contribution in [0.15, 0.2) is 54.6 Å². The van der Waals surface area contributed by atoms with Crippen LogP contribution in [0.3, 0.4) is 0 Å². The molecule has 0 aliphatic heterocycles. The van der Waals surface area contributed by atoms with E-state index in [1.54, 1.807) is 0 Å². The molecule has 2 nitrogen and oxygen atoms in total. The summed E-state index contributed by atoms with van der Waals surface area (Å²) in [5, 5.41) is 12.5. The van der Waals surface area contributed by atoms with E-state index >= 15 is 0 Å². The van der Waals surface area contributed by atoms with E-state index in [1.165, 1.54) is 31.2 Å². The van der Waals surface area contributed by atoms with Gasteiger partial charge in [-0.2, -0.15) is 5.26 Å². The molecular weight excluding hydrogens is 256 g/mol. The molecule has 2 heteroatoms. The van der Waals surface area contributed by atoms with E-state index in [9.17, 15) is 0 Å². The van der Waals surface area contributed by atoms with Crippen molar-refractivity contribution in [3.8, 4) is 6.07 Å². The second-order valence-corrected chi connectivity index (χ2v) is 5.74. The van der Waals surface area contributed by atoms with Gasteiger partial charge >= 0.3 is 0 Å². The minimum atomic E-state index is 0.481. The molecule has 0 saturated heterocycles. The number of nitrogens with one attached hydrogen (secondary N) is 1. The average molecular weight is 276 g/mol. The number of rotatable bonds is 3. The second kappa shape index (κ2) is 6.45. The fraction of sp³-hybridized carbons (Fsp3) is 0.316. The summed E-state index contributed by atoms with van der Waals surface area (Å²) in [6, 6.07) is 21.2. The molecule has 2 aromatic rings. The smallest absolute Gasteiger partial charge is 0.0991 e. The van der Waals surface area contributed by atoms with Crippen molar-refractivity contribution in [3.63, 3.8) is 0 Å². The minimum Gasteiger partial charge on any atom is -0.382 e. The maximum absolute atomic E-state index is 8.87. The van der Waals surface area contributed by atoms with Gasteiger partial charge in [-0.15, -0.1) is 0 Å². The molecule has 2 atom stereocenters. The Morgan fingerprint density at radius 2 is 1.62 bits per heavy atom. The average Bonchev–Trinajstić information content (AvgIpc) is 2.57. The fourth-order valence-corrected chi connectivity index (χ4v) is 3.26. The Kier molecular flexibility index (Phi) is 4.21. The molecule has 2 aromatic carbocycles. The monoisotopic (exact) mass is 276 g/mol. The Hall–Kier alpha value is -2.27. The van der Waals surface area contributed by atoms with Crippen LogP contribution in [-0.4, -0.2) is 6.04 Å². The van der Waals surface area contributed by atoms with Crippen molar-refractivity contribution in [3.05, 3.63) is 65.7 Å². The lowest BCUT2D eigenvalue weighted by Gasteiger charge is -2.33. The Morgan fingerprint density at radius 1 is 0.905 bits per heavy atom. The van der Waals surface area contributed by atoms with Crippen LogP contribution in [0, 0.1) is 11.3 Å². The van der Waals surface area contributed by atoms with Crippen LogP contribution in [-0.2, 0) is 0 Å². The number of nitriles is 1. The SMILES string of the molecule is N#Cc1ccc(NC2CCCCC2c2ccccc2)cc1. The summed E-state index contributed by atoms with van der Waals surface area (Å²) in [6.45, 7) is 0. The molecule has 1 aliphatic carbocycles. The molecule has 0 aromatic heterocycles. The zero-order valence-electron chi connectivity index (χ0n) is 12.1. The van der Waals surface area contributed by atoms with Crippen molar-refractivity contribution in [1.29, 1.82) is 5.26 Å². The van der Waals surface area contributed by atoms with Crippen molar-refractivity contribution >= 4 is 5.69 Å². The van der Waals surface area contributed by atoms with Crippen LogP contribution in [0.4, 0.5) is 5.69 Å². The first-order valence-electron chi connectivity index (χ1n) is 7.68. The van der Waals surface area contributed by atoms with E-state index in [-0.39, 0.29) is 0 Å². The van der Waals surface area contributed by atoms with Gasteiger partial charge in [-0.3, -0.25) is 0 Å². The zero-order chi connectivity index (χ0) is 14.5. The van der Waals surface area contributed by atoms with Gasteiger partial charge < -0.3 is 5.32 Å². The van der Waals surface area contributed by atoms with Crippen LogP contribution < -0.4 is 5.32 Å². The van der Waals surface area contributed by atoms with Gasteiger partial charge in [-0.25, -0.2) is 0 Å². The summed E-state index contributed by atoms with van der Waals surface area (Å²) in [5.41, 5.74) is 3.26. The van der Waals surface area contributed by atoms with E-state index in [0.717, 1.165) is 5.69 Å². The third kappa shape index (κ3) is 3.25. The molecule has 3 rings (SSSR count). The van der Waals surface area contributed by atoms with Crippen molar-refractivity contribution in [2.75, 3.05) is 5.32 Å². The van der Waals surface area contributed by atoms with Gasteiger partial charge in [-0.1, -0.05) is 43.2 Å². The highest BCUT2D eigenvalue weighted by Gasteiger charge is 2.26. The summed E-state index contributed by atoms with van der Waals surface area (Å²) < 4.78 is 0. The molecule has 1 aliphatic rings. The molecule has 0 amide bonds. The van der Waals surface area contributed by atoms with Gasteiger partial charge in [0.2, 0.25) is 0 Å². The van der Waals surface area contributed by atoms with Crippen LogP contribution in [0.1, 0.15) is 42.7 Å². The molecule has 106 valence electrons. The summed E-state index contributed by atoms with van der Waals surface area (Å²) in [5.74, 6) is 0.579. The number of anilines is 1. The topological polar surface area (TPSA) is 35.8 Å². The molecular formula is C19H20N2. The van der Waals surface area contributed by atoms with Gasteiger partial charge in [0, 0.05) is 17.6 Å². The predicted molar refractivity (Wildman–Crippen MR) is 86.2 cm³/mol. The Balaban J connectivity index is 1.76. The van der Waals surface area contributed by atoms with Gasteiger partial charge in [0.15, 0.2) is 0 Å². The normalized spacial score (nSPS) is 21.5. The largest absolute Gasteiger partial charge is 0.382 e. The summed E-state index contributed by atoms with van der Waals surface area (Å²) in [6.07, 6.45) is 5.06. The lowest BCUT2D eigenvalue weighted by atomic mass is 9.80. The quantitative estimate of drug-likeness (QED) is 0.882. The minimum absolute atomic E-state index is 0.481. The van der Waals surface area contributed by atoms with E-state index < -0.39 is 0 Å². The Morgan fingerprint density at radius 3 is 2.33 bits per heavy atom. The molecule has 2 unspecified atom stereocenters. The maximum Gasteiger partial charge on any atom is 0.0991 e. The third-order valence-electron chi connectivity index (χ3n) is 4.36. The van der Waals surface area contributed by atoms with Crippen molar-refractivity contribution in [1.82, 2.24) is 0 Å². The van der Waals surface area contributed by atoms with Gasteiger partial charge in [0.05, 0.1) is 11.6 Å². The van der Waals surface area contributed by atoms with E-state index in [2.05, 4.69) is 41.7 Å². The predicted octanol–water partition coefficient (Wildman–Crippen LogP) is 4.70. The molecule has 1 saturated carbocycles. The summed E-state index contributed by atoms with van der Waals surface area (Å²) >= 11 is 0. The van der Waals surface area contributed by atoms with Crippen LogP contribution in [0.2, 0.25) is 0 Å².